The Morgan fingerprint density at radius 1 is 1.33 bits per heavy atom. The first-order valence-corrected chi connectivity index (χ1v) is 6.84. The van der Waals surface area contributed by atoms with Crippen molar-refractivity contribution in [2.24, 2.45) is 0 Å². The lowest BCUT2D eigenvalue weighted by molar-refractivity contribution is 0.0591. The number of pyridine rings is 1. The van der Waals surface area contributed by atoms with E-state index in [1.54, 1.807) is 12.4 Å². The molecule has 0 radical (unpaired) electrons. The van der Waals surface area contributed by atoms with Crippen LogP contribution in [0.5, 0.6) is 0 Å². The van der Waals surface area contributed by atoms with E-state index in [9.17, 15) is 4.79 Å². The summed E-state index contributed by atoms with van der Waals surface area (Å²) >= 11 is 0. The molecule has 0 amide bonds. The molecule has 0 spiro atoms. The Kier molecular flexibility index (Phi) is 3.87. The normalized spacial score (nSPS) is 13.6. The van der Waals surface area contributed by atoms with Gasteiger partial charge in [-0.15, -0.1) is 0 Å². The second-order valence-corrected chi connectivity index (χ2v) is 4.86. The highest BCUT2D eigenvalue weighted by molar-refractivity contribution is 5.89. The summed E-state index contributed by atoms with van der Waals surface area (Å²) in [6.45, 7) is 1.47. The monoisotopic (exact) mass is 284 g/mol. The van der Waals surface area contributed by atoms with Crippen molar-refractivity contribution in [2.75, 3.05) is 13.7 Å². The van der Waals surface area contributed by atoms with Crippen LogP contribution >= 0.6 is 0 Å². The predicted octanol–water partition coefficient (Wildman–Crippen LogP) is 0.895. The average Bonchev–Trinajstić information content (AvgIpc) is 2.54. The third-order valence-corrected chi connectivity index (χ3v) is 3.47. The highest BCUT2D eigenvalue weighted by atomic mass is 16.5. The van der Waals surface area contributed by atoms with E-state index in [1.807, 2.05) is 12.1 Å². The Hall–Kier alpha value is -2.34. The zero-order chi connectivity index (χ0) is 14.7. The molecule has 0 atom stereocenters. The van der Waals surface area contributed by atoms with Crippen LogP contribution in [0, 0.1) is 0 Å². The SMILES string of the molecule is COC(=O)c1nc(Cc2ccncc2)nc2c1CNCC2. The molecule has 0 fully saturated rings. The van der Waals surface area contributed by atoms with E-state index >= 15 is 0 Å². The van der Waals surface area contributed by atoms with Crippen molar-refractivity contribution >= 4 is 5.97 Å². The van der Waals surface area contributed by atoms with Crippen LogP contribution in [0.1, 0.15) is 33.1 Å². The molecule has 108 valence electrons. The smallest absolute Gasteiger partial charge is 0.357 e. The third kappa shape index (κ3) is 2.90. The van der Waals surface area contributed by atoms with Crippen LogP contribution in [0.4, 0.5) is 0 Å². The minimum atomic E-state index is -0.409. The van der Waals surface area contributed by atoms with Crippen LogP contribution < -0.4 is 5.32 Å². The second-order valence-electron chi connectivity index (χ2n) is 4.86. The van der Waals surface area contributed by atoms with Gasteiger partial charge in [-0.25, -0.2) is 14.8 Å². The van der Waals surface area contributed by atoms with Gasteiger partial charge >= 0.3 is 5.97 Å². The molecule has 1 aliphatic rings. The number of rotatable bonds is 3. The summed E-state index contributed by atoms with van der Waals surface area (Å²) in [7, 11) is 1.37. The molecule has 1 N–H and O–H groups in total. The maximum Gasteiger partial charge on any atom is 0.357 e. The zero-order valence-corrected chi connectivity index (χ0v) is 11.8. The van der Waals surface area contributed by atoms with Crippen molar-refractivity contribution in [3.8, 4) is 0 Å². The summed E-state index contributed by atoms with van der Waals surface area (Å²) in [6.07, 6.45) is 4.84. The average molecular weight is 284 g/mol. The number of fused-ring (bicyclic) bond motifs is 1. The fourth-order valence-corrected chi connectivity index (χ4v) is 2.42. The van der Waals surface area contributed by atoms with E-state index in [4.69, 9.17) is 4.74 Å². The van der Waals surface area contributed by atoms with E-state index in [2.05, 4.69) is 20.3 Å². The Morgan fingerprint density at radius 3 is 2.90 bits per heavy atom. The van der Waals surface area contributed by atoms with E-state index in [0.717, 1.165) is 29.8 Å². The number of carbonyl (C=O) groups excluding carboxylic acids is 1. The fraction of sp³-hybridized carbons (Fsp3) is 0.333. The number of nitrogens with zero attached hydrogens (tertiary/aromatic N) is 3. The van der Waals surface area contributed by atoms with E-state index < -0.39 is 5.97 Å². The van der Waals surface area contributed by atoms with Gasteiger partial charge in [0.2, 0.25) is 0 Å². The Bertz CT molecular complexity index is 658. The van der Waals surface area contributed by atoms with Gasteiger partial charge in [0.25, 0.3) is 0 Å². The van der Waals surface area contributed by atoms with Gasteiger partial charge in [0.1, 0.15) is 5.82 Å². The number of hydrogen-bond acceptors (Lipinski definition) is 6. The molecule has 2 aromatic heterocycles. The molecule has 0 aliphatic carbocycles. The van der Waals surface area contributed by atoms with Crippen LogP contribution in [-0.4, -0.2) is 34.6 Å². The van der Waals surface area contributed by atoms with E-state index in [-0.39, 0.29) is 0 Å². The molecule has 3 heterocycles. The number of esters is 1. The zero-order valence-electron chi connectivity index (χ0n) is 11.8. The predicted molar refractivity (Wildman–Crippen MR) is 75.8 cm³/mol. The number of hydrogen-bond donors (Lipinski definition) is 1. The van der Waals surface area contributed by atoms with Crippen molar-refractivity contribution in [3.05, 3.63) is 52.9 Å². The van der Waals surface area contributed by atoms with Crippen LogP contribution in [-0.2, 0) is 24.1 Å². The van der Waals surface area contributed by atoms with Gasteiger partial charge < -0.3 is 10.1 Å². The maximum absolute atomic E-state index is 11.9. The molecular weight excluding hydrogens is 268 g/mol. The molecule has 0 saturated carbocycles. The Labute approximate surface area is 122 Å². The Morgan fingerprint density at radius 2 is 2.14 bits per heavy atom. The van der Waals surface area contributed by atoms with Gasteiger partial charge in [0.05, 0.1) is 12.8 Å². The van der Waals surface area contributed by atoms with Crippen LogP contribution in [0.2, 0.25) is 0 Å². The molecule has 1 aliphatic heterocycles. The Balaban J connectivity index is 2.00. The number of nitrogens with one attached hydrogen (secondary N) is 1. The lowest BCUT2D eigenvalue weighted by Crippen LogP contribution is -2.28. The second kappa shape index (κ2) is 5.97. The van der Waals surface area contributed by atoms with Gasteiger partial charge in [0.15, 0.2) is 5.69 Å². The lowest BCUT2D eigenvalue weighted by atomic mass is 10.0. The standard InChI is InChI=1S/C15H16N4O2/c1-21-15(20)14-11-9-17-7-4-12(11)18-13(19-14)8-10-2-5-16-6-3-10/h2-3,5-6,17H,4,7-9H2,1H3. The third-order valence-electron chi connectivity index (χ3n) is 3.47. The van der Waals surface area contributed by atoms with Gasteiger partial charge in [-0.2, -0.15) is 0 Å². The molecule has 0 aromatic carbocycles. The first-order chi connectivity index (χ1) is 10.3. The highest BCUT2D eigenvalue weighted by Gasteiger charge is 2.22. The van der Waals surface area contributed by atoms with Crippen molar-refractivity contribution in [1.82, 2.24) is 20.3 Å². The maximum atomic E-state index is 11.9. The molecule has 0 bridgehead atoms. The number of carbonyl (C=O) groups is 1. The summed E-state index contributed by atoms with van der Waals surface area (Å²) in [5.41, 5.74) is 3.23. The van der Waals surface area contributed by atoms with Crippen molar-refractivity contribution in [3.63, 3.8) is 0 Å². The summed E-state index contributed by atoms with van der Waals surface area (Å²) in [6, 6.07) is 3.84. The lowest BCUT2D eigenvalue weighted by Gasteiger charge is -2.19. The van der Waals surface area contributed by atoms with Gasteiger partial charge in [-0.1, -0.05) is 0 Å². The molecule has 6 heteroatoms. The summed E-state index contributed by atoms with van der Waals surface area (Å²) < 4.78 is 4.84. The molecule has 21 heavy (non-hydrogen) atoms. The molecular formula is C15H16N4O2. The minimum absolute atomic E-state index is 0.374. The van der Waals surface area contributed by atoms with Crippen molar-refractivity contribution in [1.29, 1.82) is 0 Å². The molecule has 2 aromatic rings. The quantitative estimate of drug-likeness (QED) is 0.844. The largest absolute Gasteiger partial charge is 0.464 e. The number of ether oxygens (including phenoxy) is 1. The van der Waals surface area contributed by atoms with E-state index in [0.29, 0.717) is 24.5 Å². The van der Waals surface area contributed by atoms with Crippen molar-refractivity contribution < 1.29 is 9.53 Å². The first-order valence-electron chi connectivity index (χ1n) is 6.84. The van der Waals surface area contributed by atoms with E-state index in [1.165, 1.54) is 7.11 Å². The number of aromatic nitrogens is 3. The minimum Gasteiger partial charge on any atom is -0.464 e. The number of methoxy groups -OCH3 is 1. The molecule has 6 nitrogen and oxygen atoms in total. The van der Waals surface area contributed by atoms with Crippen LogP contribution in [0.15, 0.2) is 24.5 Å². The molecule has 0 saturated heterocycles. The molecule has 0 unspecified atom stereocenters. The first kappa shape index (κ1) is 13.6. The van der Waals surface area contributed by atoms with Gasteiger partial charge in [-0.3, -0.25) is 4.98 Å². The van der Waals surface area contributed by atoms with Crippen molar-refractivity contribution in [2.45, 2.75) is 19.4 Å². The molecule has 3 rings (SSSR count). The summed E-state index contributed by atoms with van der Waals surface area (Å²) in [4.78, 5) is 24.9. The topological polar surface area (TPSA) is 77.0 Å². The highest BCUT2D eigenvalue weighted by Crippen LogP contribution is 2.18. The van der Waals surface area contributed by atoms with Crippen LogP contribution in [0.25, 0.3) is 0 Å². The summed E-state index contributed by atoms with van der Waals surface area (Å²) in [5.74, 6) is 0.232. The fourth-order valence-electron chi connectivity index (χ4n) is 2.42. The summed E-state index contributed by atoms with van der Waals surface area (Å²) in [5, 5.41) is 3.23. The van der Waals surface area contributed by atoms with Gasteiger partial charge in [0, 0.05) is 43.9 Å². The van der Waals surface area contributed by atoms with Crippen LogP contribution in [0.3, 0.4) is 0 Å². The van der Waals surface area contributed by atoms with Gasteiger partial charge in [-0.05, 0) is 17.7 Å².